The summed E-state index contributed by atoms with van der Waals surface area (Å²) in [4.78, 5) is 5.10. The third-order valence-corrected chi connectivity index (χ3v) is 18.2. The molecule has 1 saturated heterocycles. The zero-order chi connectivity index (χ0) is 14.4. The fourth-order valence-electron chi connectivity index (χ4n) is 4.83. The molecule has 1 unspecified atom stereocenters. The van der Waals surface area contributed by atoms with Gasteiger partial charge < -0.3 is 0 Å². The minimum absolute atomic E-state index is 0.695. The quantitative estimate of drug-likeness (QED) is 0.659. The van der Waals surface area contributed by atoms with Crippen molar-refractivity contribution in [2.45, 2.75) is 28.2 Å². The van der Waals surface area contributed by atoms with Crippen LogP contribution in [-0.4, -0.2) is 4.82 Å². The predicted octanol–water partition coefficient (Wildman–Crippen LogP) is 5.36. The van der Waals surface area contributed by atoms with Crippen molar-refractivity contribution in [3.05, 3.63) is 80.1 Å². The first-order valence-corrected chi connectivity index (χ1v) is 12.7. The summed E-state index contributed by atoms with van der Waals surface area (Å²) in [7, 11) is 0. The summed E-state index contributed by atoms with van der Waals surface area (Å²) in [5.74, 6) is 0. The van der Waals surface area contributed by atoms with Crippen LogP contribution in [0, 0.1) is 0 Å². The van der Waals surface area contributed by atoms with Crippen molar-refractivity contribution in [3.63, 3.8) is 0 Å². The Morgan fingerprint density at radius 1 is 0.905 bits per heavy atom. The fraction of sp³-hybridized carbons (Fsp3) is 0.250. The van der Waals surface area contributed by atoms with Gasteiger partial charge in [-0.2, -0.15) is 0 Å². The molecule has 1 heterocycles. The molecule has 0 spiro atoms. The third-order valence-electron chi connectivity index (χ3n) is 6.19. The van der Waals surface area contributed by atoms with E-state index in [2.05, 4.69) is 66.8 Å². The van der Waals surface area contributed by atoms with E-state index in [1.807, 2.05) is 0 Å². The molecule has 0 bridgehead atoms. The van der Waals surface area contributed by atoms with E-state index >= 15 is 0 Å². The molecule has 0 aromatic heterocycles. The van der Waals surface area contributed by atoms with E-state index in [9.17, 15) is 0 Å². The van der Waals surface area contributed by atoms with Crippen molar-refractivity contribution in [3.8, 4) is 0 Å². The standard InChI is InChI=1S/C9H10.2C5H5.CH2.Ti/c1-2-6-9-7-4-3-5-8-9;2*1-2-4-5-3-1;;/h3-8H,1-2H2;2*1-3H,4H2;1H2;. The first-order chi connectivity index (χ1) is 10.2. The number of benzene rings is 1. The van der Waals surface area contributed by atoms with Gasteiger partial charge in [-0.15, -0.1) is 0 Å². The Morgan fingerprint density at radius 3 is 1.95 bits per heavy atom. The molecule has 0 nitrogen and oxygen atoms in total. The molecule has 1 heteroatoms. The van der Waals surface area contributed by atoms with Crippen LogP contribution < -0.4 is 0 Å². The van der Waals surface area contributed by atoms with Gasteiger partial charge in [0.1, 0.15) is 0 Å². The van der Waals surface area contributed by atoms with Crippen LogP contribution in [0.15, 0.2) is 74.5 Å². The predicted molar refractivity (Wildman–Crippen MR) is 89.4 cm³/mol. The molecule has 1 aromatic carbocycles. The van der Waals surface area contributed by atoms with Gasteiger partial charge in [0.15, 0.2) is 0 Å². The maximum atomic E-state index is 5.10. The number of rotatable bonds is 3. The average molecular weight is 310 g/mol. The van der Waals surface area contributed by atoms with Gasteiger partial charge in [0.25, 0.3) is 0 Å². The summed E-state index contributed by atoms with van der Waals surface area (Å²) < 4.78 is 5.45. The van der Waals surface area contributed by atoms with Gasteiger partial charge >= 0.3 is 128 Å². The van der Waals surface area contributed by atoms with Crippen molar-refractivity contribution in [2.75, 3.05) is 0 Å². The molecule has 0 N–H and O–H groups in total. The molecule has 4 rings (SSSR count). The maximum absolute atomic E-state index is 5.10. The second kappa shape index (κ2) is 4.63. The van der Waals surface area contributed by atoms with Crippen molar-refractivity contribution in [2.24, 2.45) is 0 Å². The molecule has 2 aliphatic carbocycles. The van der Waals surface area contributed by atoms with Gasteiger partial charge in [0.2, 0.25) is 0 Å². The molecular formula is C20H22Ti. The van der Waals surface area contributed by atoms with Crippen molar-refractivity contribution >= 4 is 4.82 Å². The molecule has 0 amide bonds. The Labute approximate surface area is 128 Å². The Bertz CT molecular complexity index is 722. The van der Waals surface area contributed by atoms with Gasteiger partial charge in [-0.1, -0.05) is 0 Å². The summed E-state index contributed by atoms with van der Waals surface area (Å²) in [6, 6.07) is 11.1. The SMILES string of the molecule is [CH2]=[Ti]1([C]2=CC=CC2)([C]2=CC=CC2)[CH2]C[CH]1c1ccccc1. The van der Waals surface area contributed by atoms with E-state index in [1.165, 1.54) is 16.7 Å². The van der Waals surface area contributed by atoms with E-state index < -0.39 is 14.8 Å². The summed E-state index contributed by atoms with van der Waals surface area (Å²) in [5.41, 5.74) is 1.52. The summed E-state index contributed by atoms with van der Waals surface area (Å²) in [5, 5.41) is 0. The summed E-state index contributed by atoms with van der Waals surface area (Å²) in [6.07, 6.45) is 17.5. The first-order valence-electron chi connectivity index (χ1n) is 8.04. The zero-order valence-corrected chi connectivity index (χ0v) is 14.0. The normalized spacial score (nSPS) is 27.7. The molecule has 106 valence electrons. The van der Waals surface area contributed by atoms with Crippen LogP contribution in [0.25, 0.3) is 0 Å². The van der Waals surface area contributed by atoms with Gasteiger partial charge in [0.05, 0.1) is 0 Å². The Hall–Kier alpha value is -1.24. The van der Waals surface area contributed by atoms with Crippen LogP contribution in [0.2, 0.25) is 4.73 Å². The minimum atomic E-state index is -3.03. The van der Waals surface area contributed by atoms with Crippen molar-refractivity contribution in [1.29, 1.82) is 0 Å². The monoisotopic (exact) mass is 310 g/mol. The van der Waals surface area contributed by atoms with Gasteiger partial charge in [-0.3, -0.25) is 0 Å². The van der Waals surface area contributed by atoms with Crippen LogP contribution >= 0.6 is 0 Å². The van der Waals surface area contributed by atoms with E-state index in [4.69, 9.17) is 4.82 Å². The Morgan fingerprint density at radius 2 is 1.52 bits per heavy atom. The molecule has 1 aliphatic heterocycles. The van der Waals surface area contributed by atoms with Crippen LogP contribution in [0.4, 0.5) is 0 Å². The summed E-state index contributed by atoms with van der Waals surface area (Å²) in [6.45, 7) is 0. The average Bonchev–Trinajstić information content (AvgIpc) is 3.20. The van der Waals surface area contributed by atoms with Gasteiger partial charge in [0, 0.05) is 0 Å². The van der Waals surface area contributed by atoms with Gasteiger partial charge in [-0.25, -0.2) is 0 Å². The van der Waals surface area contributed by atoms with Crippen LogP contribution in [0.5, 0.6) is 0 Å². The van der Waals surface area contributed by atoms with Crippen molar-refractivity contribution < 1.29 is 14.8 Å². The number of allylic oxidation sites excluding steroid dienone is 8. The summed E-state index contributed by atoms with van der Waals surface area (Å²) >= 11 is -3.03. The second-order valence-corrected chi connectivity index (χ2v) is 16.4. The second-order valence-electron chi connectivity index (χ2n) is 6.93. The molecule has 0 radical (unpaired) electrons. The Balaban J connectivity index is 1.88. The third kappa shape index (κ3) is 1.70. The molecule has 21 heavy (non-hydrogen) atoms. The Kier molecular flexibility index (Phi) is 2.96. The van der Waals surface area contributed by atoms with E-state index in [1.54, 1.807) is 7.76 Å². The first kappa shape index (κ1) is 13.4. The van der Waals surface area contributed by atoms with E-state index in [0.29, 0.717) is 4.22 Å². The zero-order valence-electron chi connectivity index (χ0n) is 12.5. The fourth-order valence-corrected chi connectivity index (χ4v) is 15.4. The van der Waals surface area contributed by atoms with Gasteiger partial charge in [-0.05, 0) is 0 Å². The molecule has 0 saturated carbocycles. The molecule has 1 atom stereocenters. The van der Waals surface area contributed by atoms with E-state index in [-0.39, 0.29) is 0 Å². The molecule has 1 aromatic rings. The van der Waals surface area contributed by atoms with Crippen LogP contribution in [0.1, 0.15) is 29.0 Å². The topological polar surface area (TPSA) is 0 Å². The number of hydrogen-bond donors (Lipinski definition) is 0. The number of hydrogen-bond acceptors (Lipinski definition) is 0. The van der Waals surface area contributed by atoms with Crippen LogP contribution in [0.3, 0.4) is 0 Å². The van der Waals surface area contributed by atoms with E-state index in [0.717, 1.165) is 12.8 Å². The van der Waals surface area contributed by atoms with Crippen LogP contribution in [-0.2, 0) is 14.8 Å². The molecular weight excluding hydrogens is 288 g/mol. The molecule has 3 aliphatic rings. The van der Waals surface area contributed by atoms with Crippen molar-refractivity contribution in [1.82, 2.24) is 0 Å². The molecule has 1 fully saturated rings.